The quantitative estimate of drug-likeness (QED) is 0.452. The Morgan fingerprint density at radius 3 is 2.80 bits per heavy atom. The minimum atomic E-state index is -0.142. The Balaban J connectivity index is 1.63. The summed E-state index contributed by atoms with van der Waals surface area (Å²) in [4.78, 5) is 23.7. The molecule has 4 aromatic rings. The molecule has 0 radical (unpaired) electrons. The molecule has 0 saturated heterocycles. The number of hydrogen-bond donors (Lipinski definition) is 0. The largest absolute Gasteiger partial charge is 0.497 e. The highest BCUT2D eigenvalue weighted by Crippen LogP contribution is 2.32. The predicted octanol–water partition coefficient (Wildman–Crippen LogP) is 4.11. The molecular weight excluding hydrogens is 398 g/mol. The molecule has 2 heterocycles. The summed E-state index contributed by atoms with van der Waals surface area (Å²) in [6, 6.07) is 14.4. The Labute approximate surface area is 177 Å². The fourth-order valence-electron chi connectivity index (χ4n) is 3.09. The minimum absolute atomic E-state index is 0.142. The summed E-state index contributed by atoms with van der Waals surface area (Å²) in [5.41, 5.74) is 1.86. The fourth-order valence-corrected chi connectivity index (χ4v) is 4.11. The zero-order valence-electron chi connectivity index (χ0n) is 16.4. The maximum atomic E-state index is 13.3. The van der Waals surface area contributed by atoms with Gasteiger partial charge in [-0.2, -0.15) is 5.26 Å². The van der Waals surface area contributed by atoms with Gasteiger partial charge in [-0.25, -0.2) is 9.97 Å². The second-order valence-corrected chi connectivity index (χ2v) is 7.64. The first-order valence-corrected chi connectivity index (χ1v) is 10.2. The van der Waals surface area contributed by atoms with Crippen molar-refractivity contribution in [2.24, 2.45) is 0 Å². The van der Waals surface area contributed by atoms with Crippen LogP contribution in [0, 0.1) is 11.3 Å². The van der Waals surface area contributed by atoms with Gasteiger partial charge in [0.1, 0.15) is 5.75 Å². The fraction of sp³-hybridized carbons (Fsp3) is 0.182. The number of benzene rings is 2. The first-order chi connectivity index (χ1) is 14.7. The lowest BCUT2D eigenvalue weighted by Crippen LogP contribution is -2.32. The number of ether oxygens (including phenoxy) is 1. The van der Waals surface area contributed by atoms with Crippen LogP contribution in [-0.4, -0.2) is 34.1 Å². The molecule has 30 heavy (non-hydrogen) atoms. The van der Waals surface area contributed by atoms with Gasteiger partial charge in [0.15, 0.2) is 5.13 Å². The molecule has 0 aliphatic heterocycles. The normalized spacial score (nSPS) is 10.7. The second kappa shape index (κ2) is 8.76. The van der Waals surface area contributed by atoms with E-state index in [1.807, 2.05) is 29.0 Å². The number of anilines is 1. The van der Waals surface area contributed by atoms with Gasteiger partial charge in [-0.15, -0.1) is 0 Å². The lowest BCUT2D eigenvalue weighted by Gasteiger charge is -2.20. The monoisotopic (exact) mass is 417 g/mol. The first kappa shape index (κ1) is 19.6. The smallest absolute Gasteiger partial charge is 0.260 e. The number of thiazole rings is 1. The molecule has 0 spiro atoms. The van der Waals surface area contributed by atoms with E-state index in [-0.39, 0.29) is 5.91 Å². The average molecular weight is 417 g/mol. The number of hydrogen-bond acceptors (Lipinski definition) is 6. The van der Waals surface area contributed by atoms with E-state index >= 15 is 0 Å². The summed E-state index contributed by atoms with van der Waals surface area (Å²) in [6.07, 6.45) is 6.14. The van der Waals surface area contributed by atoms with Crippen molar-refractivity contribution in [1.82, 2.24) is 14.5 Å². The van der Waals surface area contributed by atoms with Crippen molar-refractivity contribution in [3.05, 3.63) is 72.3 Å². The SMILES string of the molecule is COc1ccc2nc(N(CCCn3ccnc3)C(=O)c3ccc(C#N)cc3)sc2c1. The van der Waals surface area contributed by atoms with E-state index in [4.69, 9.17) is 10.00 Å². The number of fused-ring (bicyclic) bond motifs is 1. The molecule has 7 nitrogen and oxygen atoms in total. The summed E-state index contributed by atoms with van der Waals surface area (Å²) in [5, 5.41) is 9.65. The van der Waals surface area contributed by atoms with Crippen molar-refractivity contribution in [2.45, 2.75) is 13.0 Å². The van der Waals surface area contributed by atoms with E-state index in [2.05, 4.69) is 16.0 Å². The Hall–Kier alpha value is -3.70. The van der Waals surface area contributed by atoms with E-state index in [9.17, 15) is 4.79 Å². The number of nitrogens with zero attached hydrogens (tertiary/aromatic N) is 5. The second-order valence-electron chi connectivity index (χ2n) is 6.63. The van der Waals surface area contributed by atoms with Crippen molar-refractivity contribution < 1.29 is 9.53 Å². The van der Waals surface area contributed by atoms with Gasteiger partial charge in [-0.05, 0) is 48.9 Å². The molecule has 0 aliphatic rings. The summed E-state index contributed by atoms with van der Waals surface area (Å²) < 4.78 is 8.24. The number of imidazole rings is 1. The van der Waals surface area contributed by atoms with Crippen molar-refractivity contribution in [1.29, 1.82) is 5.26 Å². The lowest BCUT2D eigenvalue weighted by atomic mass is 10.1. The van der Waals surface area contributed by atoms with Crippen LogP contribution in [0.2, 0.25) is 0 Å². The van der Waals surface area contributed by atoms with Crippen molar-refractivity contribution in [3.63, 3.8) is 0 Å². The maximum Gasteiger partial charge on any atom is 0.260 e. The van der Waals surface area contributed by atoms with E-state index in [1.54, 1.807) is 48.8 Å². The van der Waals surface area contributed by atoms with Crippen LogP contribution in [0.1, 0.15) is 22.3 Å². The van der Waals surface area contributed by atoms with Crippen LogP contribution in [0.15, 0.2) is 61.2 Å². The Kier molecular flexibility index (Phi) is 5.72. The minimum Gasteiger partial charge on any atom is -0.497 e. The molecule has 0 unspecified atom stereocenters. The van der Waals surface area contributed by atoms with E-state index < -0.39 is 0 Å². The molecule has 0 bridgehead atoms. The topological polar surface area (TPSA) is 84.0 Å². The van der Waals surface area contributed by atoms with Crippen LogP contribution in [0.4, 0.5) is 5.13 Å². The van der Waals surface area contributed by atoms with Crippen LogP contribution in [0.25, 0.3) is 10.2 Å². The maximum absolute atomic E-state index is 13.3. The molecule has 150 valence electrons. The van der Waals surface area contributed by atoms with Gasteiger partial charge in [0.2, 0.25) is 0 Å². The zero-order chi connectivity index (χ0) is 20.9. The van der Waals surface area contributed by atoms with Gasteiger partial charge in [-0.1, -0.05) is 11.3 Å². The number of nitriles is 1. The number of carbonyl (C=O) groups is 1. The third-order valence-corrected chi connectivity index (χ3v) is 5.72. The highest BCUT2D eigenvalue weighted by atomic mass is 32.1. The number of aryl methyl sites for hydroxylation is 1. The predicted molar refractivity (Wildman–Crippen MR) is 116 cm³/mol. The molecule has 0 atom stereocenters. The van der Waals surface area contributed by atoms with Crippen LogP contribution in [-0.2, 0) is 6.54 Å². The van der Waals surface area contributed by atoms with E-state index in [0.717, 1.165) is 28.9 Å². The number of methoxy groups -OCH3 is 1. The number of amides is 1. The summed E-state index contributed by atoms with van der Waals surface area (Å²) >= 11 is 1.46. The van der Waals surface area contributed by atoms with Crippen molar-refractivity contribution >= 4 is 32.6 Å². The molecule has 4 rings (SSSR count). The van der Waals surface area contributed by atoms with Gasteiger partial charge in [-0.3, -0.25) is 9.69 Å². The van der Waals surface area contributed by atoms with E-state index in [0.29, 0.717) is 22.8 Å². The first-order valence-electron chi connectivity index (χ1n) is 9.40. The summed E-state index contributed by atoms with van der Waals surface area (Å²) in [5.74, 6) is 0.610. The molecule has 2 aromatic heterocycles. The average Bonchev–Trinajstić information content (AvgIpc) is 3.45. The molecule has 0 aliphatic carbocycles. The van der Waals surface area contributed by atoms with Gasteiger partial charge in [0.05, 0.1) is 35.3 Å². The van der Waals surface area contributed by atoms with Crippen molar-refractivity contribution in [2.75, 3.05) is 18.6 Å². The molecule has 0 fully saturated rings. The summed E-state index contributed by atoms with van der Waals surface area (Å²) in [6.45, 7) is 1.25. The molecule has 0 N–H and O–H groups in total. The van der Waals surface area contributed by atoms with Gasteiger partial charge in [0.25, 0.3) is 5.91 Å². The van der Waals surface area contributed by atoms with Crippen LogP contribution in [0.5, 0.6) is 5.75 Å². The number of rotatable bonds is 7. The highest BCUT2D eigenvalue weighted by Gasteiger charge is 2.21. The number of carbonyl (C=O) groups excluding carboxylic acids is 1. The highest BCUT2D eigenvalue weighted by molar-refractivity contribution is 7.22. The molecule has 0 saturated carbocycles. The van der Waals surface area contributed by atoms with Crippen molar-refractivity contribution in [3.8, 4) is 11.8 Å². The number of aromatic nitrogens is 3. The van der Waals surface area contributed by atoms with Gasteiger partial charge >= 0.3 is 0 Å². The van der Waals surface area contributed by atoms with Crippen LogP contribution >= 0.6 is 11.3 Å². The van der Waals surface area contributed by atoms with Crippen LogP contribution < -0.4 is 9.64 Å². The standard InChI is InChI=1S/C22H19N5O2S/c1-29-18-7-8-19-20(13-18)30-22(25-19)27(11-2-10-26-12-9-24-15-26)21(28)17-5-3-16(14-23)4-6-17/h3-9,12-13,15H,2,10-11H2,1H3. The summed E-state index contributed by atoms with van der Waals surface area (Å²) in [7, 11) is 1.62. The molecule has 2 aromatic carbocycles. The third kappa shape index (κ3) is 4.16. The Morgan fingerprint density at radius 2 is 2.10 bits per heavy atom. The molecule has 1 amide bonds. The lowest BCUT2D eigenvalue weighted by molar-refractivity contribution is 0.0986. The molecular formula is C22H19N5O2S. The Bertz CT molecular complexity index is 1190. The molecule has 8 heteroatoms. The third-order valence-electron chi connectivity index (χ3n) is 4.68. The van der Waals surface area contributed by atoms with Gasteiger partial charge in [0, 0.05) is 31.0 Å². The van der Waals surface area contributed by atoms with Crippen LogP contribution in [0.3, 0.4) is 0 Å². The van der Waals surface area contributed by atoms with E-state index in [1.165, 1.54) is 11.3 Å². The zero-order valence-corrected chi connectivity index (χ0v) is 17.2. The Morgan fingerprint density at radius 1 is 1.27 bits per heavy atom. The van der Waals surface area contributed by atoms with Gasteiger partial charge < -0.3 is 9.30 Å².